The van der Waals surface area contributed by atoms with Crippen LogP contribution in [0.25, 0.3) is 0 Å². The molecule has 1 saturated carbocycles. The second kappa shape index (κ2) is 6.01. The molecule has 2 heteroatoms. The quantitative estimate of drug-likeness (QED) is 0.769. The molecule has 1 unspecified atom stereocenters. The van der Waals surface area contributed by atoms with Gasteiger partial charge in [0.2, 0.25) is 0 Å². The molecule has 0 saturated heterocycles. The van der Waals surface area contributed by atoms with Crippen LogP contribution in [0.3, 0.4) is 0 Å². The van der Waals surface area contributed by atoms with Gasteiger partial charge in [0.1, 0.15) is 0 Å². The molecule has 0 bridgehead atoms. The zero-order valence-corrected chi connectivity index (χ0v) is 11.9. The maximum Gasteiger partial charge on any atom is 0.0887 e. The van der Waals surface area contributed by atoms with Crippen molar-refractivity contribution in [3.05, 3.63) is 21.4 Å². The largest absolute Gasteiger partial charge is 0.388 e. The third-order valence-corrected chi connectivity index (χ3v) is 5.17. The van der Waals surface area contributed by atoms with Crippen molar-refractivity contribution < 1.29 is 5.11 Å². The fourth-order valence-corrected chi connectivity index (χ4v) is 4.05. The summed E-state index contributed by atoms with van der Waals surface area (Å²) in [5.41, 5.74) is 1.27. The van der Waals surface area contributed by atoms with E-state index in [1.54, 1.807) is 11.3 Å². The number of thiophene rings is 1. The molecule has 1 nitrogen and oxygen atoms in total. The van der Waals surface area contributed by atoms with Gasteiger partial charge < -0.3 is 5.11 Å². The molecule has 1 N–H and O–H groups in total. The highest BCUT2D eigenvalue weighted by molar-refractivity contribution is 7.12. The van der Waals surface area contributed by atoms with Crippen LogP contribution in [-0.4, -0.2) is 5.11 Å². The summed E-state index contributed by atoms with van der Waals surface area (Å²) in [5, 5.41) is 10.4. The van der Waals surface area contributed by atoms with E-state index >= 15 is 0 Å². The highest BCUT2D eigenvalue weighted by Crippen LogP contribution is 2.35. The predicted molar refractivity (Wildman–Crippen MR) is 74.6 cm³/mol. The molecule has 2 rings (SSSR count). The Bertz CT molecular complexity index is 348. The van der Waals surface area contributed by atoms with Crippen LogP contribution < -0.4 is 0 Å². The summed E-state index contributed by atoms with van der Waals surface area (Å²) < 4.78 is 0. The van der Waals surface area contributed by atoms with Gasteiger partial charge in [0, 0.05) is 9.75 Å². The summed E-state index contributed by atoms with van der Waals surface area (Å²) >= 11 is 1.77. The first-order valence-corrected chi connectivity index (χ1v) is 7.73. The molecule has 1 aliphatic carbocycles. The van der Waals surface area contributed by atoms with Crippen LogP contribution in [0.15, 0.2) is 6.07 Å². The van der Waals surface area contributed by atoms with E-state index in [0.717, 1.165) is 12.3 Å². The molecule has 17 heavy (non-hydrogen) atoms. The lowest BCUT2D eigenvalue weighted by Gasteiger charge is -2.18. The van der Waals surface area contributed by atoms with E-state index in [0.29, 0.717) is 0 Å². The topological polar surface area (TPSA) is 20.2 Å². The summed E-state index contributed by atoms with van der Waals surface area (Å²) in [6.07, 6.45) is 8.89. The molecule has 96 valence electrons. The lowest BCUT2D eigenvalue weighted by molar-refractivity contribution is 0.142. The molecule has 0 spiro atoms. The molecular weight excluding hydrogens is 228 g/mol. The second-order valence-electron chi connectivity index (χ2n) is 5.51. The van der Waals surface area contributed by atoms with Crippen molar-refractivity contribution in [3.8, 4) is 0 Å². The van der Waals surface area contributed by atoms with E-state index < -0.39 is 0 Å². The normalized spacial score (nSPS) is 20.2. The van der Waals surface area contributed by atoms with Crippen LogP contribution in [0.4, 0.5) is 0 Å². The third kappa shape index (κ3) is 3.56. The summed E-state index contributed by atoms with van der Waals surface area (Å²) in [7, 11) is 0. The fourth-order valence-electron chi connectivity index (χ4n) is 3.01. The molecule has 1 aromatic heterocycles. The number of hydrogen-bond acceptors (Lipinski definition) is 2. The number of aryl methyl sites for hydroxylation is 2. The molecule has 1 aromatic rings. The van der Waals surface area contributed by atoms with Crippen molar-refractivity contribution in [1.29, 1.82) is 0 Å². The van der Waals surface area contributed by atoms with Gasteiger partial charge in [0.15, 0.2) is 0 Å². The van der Waals surface area contributed by atoms with Crippen molar-refractivity contribution in [2.75, 3.05) is 0 Å². The first-order chi connectivity index (χ1) is 8.16. The summed E-state index contributed by atoms with van der Waals surface area (Å²) in [5.74, 6) is 0.745. The summed E-state index contributed by atoms with van der Waals surface area (Å²) in [6, 6.07) is 2.19. The number of aliphatic hydroxyl groups is 1. The molecule has 1 aliphatic rings. The van der Waals surface area contributed by atoms with E-state index in [9.17, 15) is 5.11 Å². The van der Waals surface area contributed by atoms with Gasteiger partial charge in [-0.2, -0.15) is 0 Å². The van der Waals surface area contributed by atoms with Gasteiger partial charge in [0.25, 0.3) is 0 Å². The Morgan fingerprint density at radius 2 is 1.88 bits per heavy atom. The lowest BCUT2D eigenvalue weighted by Crippen LogP contribution is -2.06. The van der Waals surface area contributed by atoms with Crippen LogP contribution in [0.2, 0.25) is 0 Å². The van der Waals surface area contributed by atoms with Crippen LogP contribution in [-0.2, 0) is 0 Å². The van der Waals surface area contributed by atoms with Crippen molar-refractivity contribution in [3.63, 3.8) is 0 Å². The summed E-state index contributed by atoms with van der Waals surface area (Å²) in [4.78, 5) is 2.52. The number of hydrogen-bond donors (Lipinski definition) is 1. The minimum Gasteiger partial charge on any atom is -0.388 e. The van der Waals surface area contributed by atoms with Crippen molar-refractivity contribution in [1.82, 2.24) is 0 Å². The van der Waals surface area contributed by atoms with Gasteiger partial charge in [-0.1, -0.05) is 38.5 Å². The van der Waals surface area contributed by atoms with Crippen LogP contribution >= 0.6 is 11.3 Å². The smallest absolute Gasteiger partial charge is 0.0887 e. The zero-order chi connectivity index (χ0) is 12.3. The minimum absolute atomic E-state index is 0.225. The zero-order valence-electron chi connectivity index (χ0n) is 11.0. The third-order valence-electron chi connectivity index (χ3n) is 3.91. The van der Waals surface area contributed by atoms with Crippen molar-refractivity contribution in [2.24, 2.45) is 5.92 Å². The maximum absolute atomic E-state index is 10.4. The van der Waals surface area contributed by atoms with Crippen LogP contribution in [0.1, 0.15) is 66.4 Å². The molecule has 0 aliphatic heterocycles. The Morgan fingerprint density at radius 3 is 2.41 bits per heavy atom. The van der Waals surface area contributed by atoms with Gasteiger partial charge in [-0.25, -0.2) is 0 Å². The SMILES string of the molecule is Cc1cc(C)c(C(O)CC2CCCCCC2)s1. The van der Waals surface area contributed by atoms with Gasteiger partial charge in [-0.3, -0.25) is 0 Å². The second-order valence-corrected chi connectivity index (χ2v) is 6.80. The van der Waals surface area contributed by atoms with Gasteiger partial charge in [0.05, 0.1) is 6.10 Å². The Kier molecular flexibility index (Phi) is 4.63. The molecular formula is C15H24OS. The van der Waals surface area contributed by atoms with E-state index in [1.807, 2.05) is 0 Å². The van der Waals surface area contributed by atoms with E-state index in [2.05, 4.69) is 19.9 Å². The number of aliphatic hydroxyl groups excluding tert-OH is 1. The van der Waals surface area contributed by atoms with E-state index in [1.165, 1.54) is 53.8 Å². The molecule has 0 amide bonds. The van der Waals surface area contributed by atoms with Gasteiger partial charge in [-0.05, 0) is 37.8 Å². The average molecular weight is 252 g/mol. The maximum atomic E-state index is 10.4. The molecule has 1 atom stereocenters. The van der Waals surface area contributed by atoms with Gasteiger partial charge in [-0.15, -0.1) is 11.3 Å². The predicted octanol–water partition coefficient (Wildman–Crippen LogP) is 4.76. The molecule has 1 heterocycles. The minimum atomic E-state index is -0.225. The van der Waals surface area contributed by atoms with Crippen LogP contribution in [0, 0.1) is 19.8 Å². The first-order valence-electron chi connectivity index (χ1n) is 6.92. The first kappa shape index (κ1) is 13.1. The molecule has 0 aromatic carbocycles. The lowest BCUT2D eigenvalue weighted by atomic mass is 9.92. The highest BCUT2D eigenvalue weighted by Gasteiger charge is 2.20. The van der Waals surface area contributed by atoms with E-state index in [-0.39, 0.29) is 6.10 Å². The average Bonchev–Trinajstić information content (AvgIpc) is 2.51. The Hall–Kier alpha value is -0.340. The molecule has 1 fully saturated rings. The Balaban J connectivity index is 1.95. The monoisotopic (exact) mass is 252 g/mol. The number of rotatable bonds is 3. The van der Waals surface area contributed by atoms with E-state index in [4.69, 9.17) is 0 Å². The van der Waals surface area contributed by atoms with Crippen molar-refractivity contribution in [2.45, 2.75) is 64.9 Å². The van der Waals surface area contributed by atoms with Crippen LogP contribution in [0.5, 0.6) is 0 Å². The fraction of sp³-hybridized carbons (Fsp3) is 0.733. The van der Waals surface area contributed by atoms with Gasteiger partial charge >= 0.3 is 0 Å². The molecule has 0 radical (unpaired) electrons. The Morgan fingerprint density at radius 1 is 1.24 bits per heavy atom. The summed E-state index contributed by atoms with van der Waals surface area (Å²) in [6.45, 7) is 4.24. The standard InChI is InChI=1S/C15H24OS/c1-11-9-12(2)17-15(11)14(16)10-13-7-5-3-4-6-8-13/h9,13-14,16H,3-8,10H2,1-2H3. The Labute approximate surface area is 109 Å². The van der Waals surface area contributed by atoms with Crippen molar-refractivity contribution >= 4 is 11.3 Å². The highest BCUT2D eigenvalue weighted by atomic mass is 32.1.